The fraction of sp³-hybridized carbons (Fsp3) is 0.458. The maximum absolute atomic E-state index is 12.6. The van der Waals surface area contributed by atoms with Crippen LogP contribution in [-0.2, 0) is 22.3 Å². The minimum absolute atomic E-state index is 0.0176. The molecule has 3 aliphatic rings. The quantitative estimate of drug-likeness (QED) is 0.618. The number of nitrogens with zero attached hydrogens (tertiary/aromatic N) is 3. The summed E-state index contributed by atoms with van der Waals surface area (Å²) in [5.41, 5.74) is 3.97. The van der Waals surface area contributed by atoms with Crippen molar-refractivity contribution >= 4 is 39.2 Å². The molecule has 1 atom stereocenters. The second-order valence-corrected chi connectivity index (χ2v) is 10.5. The summed E-state index contributed by atoms with van der Waals surface area (Å²) >= 11 is 1.50. The van der Waals surface area contributed by atoms with E-state index in [0.717, 1.165) is 52.1 Å². The van der Waals surface area contributed by atoms with E-state index < -0.39 is 0 Å². The molecule has 0 saturated carbocycles. The lowest BCUT2D eigenvalue weighted by Crippen LogP contribution is -2.48. The summed E-state index contributed by atoms with van der Waals surface area (Å²) in [5.74, 6) is 0.706. The van der Waals surface area contributed by atoms with Crippen molar-refractivity contribution < 1.29 is 14.3 Å². The molecular weight excluding hydrogens is 438 g/mol. The van der Waals surface area contributed by atoms with Crippen LogP contribution in [0.15, 0.2) is 29.4 Å². The van der Waals surface area contributed by atoms with E-state index >= 15 is 0 Å². The van der Waals surface area contributed by atoms with Crippen LogP contribution in [0.2, 0.25) is 0 Å². The highest BCUT2D eigenvalue weighted by Gasteiger charge is 2.35. The molecule has 1 amide bonds. The molecule has 1 fully saturated rings. The van der Waals surface area contributed by atoms with Gasteiger partial charge in [-0.2, -0.15) is 0 Å². The Kier molecular flexibility index (Phi) is 4.92. The number of fused-ring (bicyclic) bond motifs is 2. The number of ether oxygens (including phenoxy) is 2. The van der Waals surface area contributed by atoms with E-state index in [-0.39, 0.29) is 17.5 Å². The van der Waals surface area contributed by atoms with Crippen molar-refractivity contribution in [3.8, 4) is 0 Å². The summed E-state index contributed by atoms with van der Waals surface area (Å²) in [4.78, 5) is 28.4. The van der Waals surface area contributed by atoms with Crippen LogP contribution in [0.5, 0.6) is 0 Å². The van der Waals surface area contributed by atoms with Gasteiger partial charge in [0.1, 0.15) is 11.5 Å². The summed E-state index contributed by atoms with van der Waals surface area (Å²) in [6, 6.07) is 6.44. The Balaban J connectivity index is 1.30. The Morgan fingerprint density at radius 1 is 1.30 bits per heavy atom. The number of carbonyl (C=O) groups excluding carboxylic acids is 1. The van der Waals surface area contributed by atoms with Gasteiger partial charge in [0.15, 0.2) is 5.13 Å². The lowest BCUT2D eigenvalue weighted by molar-refractivity contribution is 0.0900. The number of morpholine rings is 1. The zero-order valence-electron chi connectivity index (χ0n) is 18.8. The average molecular weight is 466 g/mol. The second kappa shape index (κ2) is 7.85. The van der Waals surface area contributed by atoms with E-state index in [4.69, 9.17) is 14.5 Å². The molecule has 1 aromatic carbocycles. The van der Waals surface area contributed by atoms with Crippen molar-refractivity contribution in [1.29, 1.82) is 0 Å². The topological polar surface area (TPSA) is 91.8 Å². The van der Waals surface area contributed by atoms with Crippen LogP contribution in [-0.4, -0.2) is 66.3 Å². The van der Waals surface area contributed by atoms with Gasteiger partial charge in [-0.1, -0.05) is 11.3 Å². The number of anilines is 1. The minimum atomic E-state index is -0.269. The first-order chi connectivity index (χ1) is 16.0. The van der Waals surface area contributed by atoms with Crippen LogP contribution in [0.3, 0.4) is 0 Å². The van der Waals surface area contributed by atoms with Crippen molar-refractivity contribution in [1.82, 2.24) is 15.3 Å². The van der Waals surface area contributed by atoms with Gasteiger partial charge in [0.25, 0.3) is 5.91 Å². The first-order valence-corrected chi connectivity index (χ1v) is 12.2. The van der Waals surface area contributed by atoms with E-state index in [1.54, 1.807) is 0 Å². The molecule has 2 N–H and O–H groups in total. The predicted molar refractivity (Wildman–Crippen MR) is 129 cm³/mol. The molecule has 0 bridgehead atoms. The number of aliphatic imine (C=N–C) groups is 1. The van der Waals surface area contributed by atoms with Crippen LogP contribution >= 0.6 is 11.3 Å². The second-order valence-electron chi connectivity index (χ2n) is 9.52. The maximum atomic E-state index is 12.6. The number of rotatable bonds is 4. The molecule has 172 valence electrons. The third-order valence-corrected chi connectivity index (χ3v) is 7.62. The highest BCUT2D eigenvalue weighted by Crippen LogP contribution is 2.34. The first kappa shape index (κ1) is 20.7. The maximum Gasteiger partial charge on any atom is 0.263 e. The molecule has 2 aromatic heterocycles. The van der Waals surface area contributed by atoms with E-state index in [1.807, 2.05) is 13.8 Å². The van der Waals surface area contributed by atoms with Gasteiger partial charge in [0.2, 0.25) is 5.90 Å². The number of carbonyl (C=O) groups is 1. The summed E-state index contributed by atoms with van der Waals surface area (Å²) < 4.78 is 11.5. The van der Waals surface area contributed by atoms with Crippen LogP contribution < -0.4 is 10.2 Å². The molecule has 6 rings (SSSR count). The lowest BCUT2D eigenvalue weighted by atomic mass is 9.94. The van der Waals surface area contributed by atoms with E-state index in [0.29, 0.717) is 26.4 Å². The summed E-state index contributed by atoms with van der Waals surface area (Å²) in [6.45, 7) is 7.50. The molecule has 1 saturated heterocycles. The van der Waals surface area contributed by atoms with E-state index in [2.05, 4.69) is 44.6 Å². The average Bonchev–Trinajstić information content (AvgIpc) is 3.53. The lowest BCUT2D eigenvalue weighted by Gasteiger charge is -2.35. The van der Waals surface area contributed by atoms with E-state index in [9.17, 15) is 4.79 Å². The Hall–Kier alpha value is -2.91. The third-order valence-electron chi connectivity index (χ3n) is 6.48. The Morgan fingerprint density at radius 3 is 3.06 bits per heavy atom. The number of aromatic nitrogens is 2. The van der Waals surface area contributed by atoms with Crippen molar-refractivity contribution in [2.24, 2.45) is 4.99 Å². The van der Waals surface area contributed by atoms with Crippen molar-refractivity contribution in [3.63, 3.8) is 0 Å². The van der Waals surface area contributed by atoms with Crippen molar-refractivity contribution in [3.05, 3.63) is 46.1 Å². The Morgan fingerprint density at radius 2 is 2.21 bits per heavy atom. The van der Waals surface area contributed by atoms with Crippen LogP contribution in [0.1, 0.15) is 40.3 Å². The fourth-order valence-electron chi connectivity index (χ4n) is 4.91. The molecule has 9 heteroatoms. The normalized spacial score (nSPS) is 22.1. The molecule has 0 unspecified atom stereocenters. The van der Waals surface area contributed by atoms with Gasteiger partial charge in [-0.05, 0) is 44.0 Å². The molecular formula is C24H27N5O3S. The molecule has 0 radical (unpaired) electrons. The zero-order chi connectivity index (χ0) is 22.6. The summed E-state index contributed by atoms with van der Waals surface area (Å²) in [6.07, 6.45) is 3.65. The van der Waals surface area contributed by atoms with Gasteiger partial charge in [-0.3, -0.25) is 4.79 Å². The number of hydrogen-bond donors (Lipinski definition) is 2. The molecule has 0 aliphatic carbocycles. The summed E-state index contributed by atoms with van der Waals surface area (Å²) in [7, 11) is 0. The number of nitrogens with one attached hydrogen (secondary N) is 2. The fourth-order valence-corrected chi connectivity index (χ4v) is 5.98. The molecule has 33 heavy (non-hydrogen) atoms. The van der Waals surface area contributed by atoms with Crippen LogP contribution in [0.4, 0.5) is 5.13 Å². The Bertz CT molecular complexity index is 1260. The van der Waals surface area contributed by atoms with Crippen molar-refractivity contribution in [2.45, 2.75) is 38.3 Å². The number of H-pyrrole nitrogens is 1. The molecule has 3 aliphatic heterocycles. The predicted octanol–water partition coefficient (Wildman–Crippen LogP) is 2.91. The van der Waals surface area contributed by atoms with E-state index in [1.165, 1.54) is 22.3 Å². The standard InChI is InChI=1S/C24H27N5O3S/c1-24(2)11-19-20(21(30)28-24)33-23(27-19)29-6-8-31-13-16(29)9-15-12-26-18-4-3-14(10-17(15)18)22-25-5-7-32-22/h3-4,10,12,16,26H,5-9,11,13H2,1-2H3,(H,28,30)/t16-/m0/s1. The molecule has 5 heterocycles. The molecule has 3 aromatic rings. The third kappa shape index (κ3) is 3.79. The number of hydrogen-bond acceptors (Lipinski definition) is 7. The van der Waals surface area contributed by atoms with Gasteiger partial charge in [-0.25, -0.2) is 9.98 Å². The summed E-state index contributed by atoms with van der Waals surface area (Å²) in [5, 5.41) is 5.18. The Labute approximate surface area is 196 Å². The molecule has 8 nitrogen and oxygen atoms in total. The van der Waals surface area contributed by atoms with Gasteiger partial charge >= 0.3 is 0 Å². The van der Waals surface area contributed by atoms with Gasteiger partial charge in [-0.15, -0.1) is 0 Å². The largest absolute Gasteiger partial charge is 0.476 e. The van der Waals surface area contributed by atoms with Crippen LogP contribution in [0.25, 0.3) is 10.9 Å². The number of thiazole rings is 1. The monoisotopic (exact) mass is 465 g/mol. The highest BCUT2D eigenvalue weighted by molar-refractivity contribution is 7.17. The number of benzene rings is 1. The van der Waals surface area contributed by atoms with Gasteiger partial charge < -0.3 is 24.7 Å². The number of aromatic amines is 1. The van der Waals surface area contributed by atoms with Crippen LogP contribution in [0, 0.1) is 0 Å². The SMILES string of the molecule is CC1(C)Cc2nc(N3CCOC[C@@H]3Cc3c[nH]c4ccc(C5=NCCO5)cc34)sc2C(=O)N1. The zero-order valence-corrected chi connectivity index (χ0v) is 19.6. The first-order valence-electron chi connectivity index (χ1n) is 11.4. The van der Waals surface area contributed by atoms with Crippen molar-refractivity contribution in [2.75, 3.05) is 37.8 Å². The van der Waals surface area contributed by atoms with Gasteiger partial charge in [0.05, 0.1) is 31.5 Å². The minimum Gasteiger partial charge on any atom is -0.476 e. The smallest absolute Gasteiger partial charge is 0.263 e. The number of amides is 1. The highest BCUT2D eigenvalue weighted by atomic mass is 32.1. The van der Waals surface area contributed by atoms with Gasteiger partial charge in [0, 0.05) is 41.2 Å². The molecule has 0 spiro atoms.